The van der Waals surface area contributed by atoms with E-state index in [4.69, 9.17) is 0 Å². The zero-order valence-electron chi connectivity index (χ0n) is 13.9. The van der Waals surface area contributed by atoms with Gasteiger partial charge in [-0.05, 0) is 31.4 Å². The van der Waals surface area contributed by atoms with Crippen molar-refractivity contribution in [1.82, 2.24) is 9.29 Å². The molecule has 25 heavy (non-hydrogen) atoms. The van der Waals surface area contributed by atoms with Crippen molar-refractivity contribution in [2.75, 3.05) is 6.54 Å². The summed E-state index contributed by atoms with van der Waals surface area (Å²) in [4.78, 5) is 5.59. The highest BCUT2D eigenvalue weighted by Gasteiger charge is 2.36. The topological polar surface area (TPSA) is 50.3 Å². The zero-order valence-corrected chi connectivity index (χ0v) is 15.5. The summed E-state index contributed by atoms with van der Waals surface area (Å²) in [5.41, 5.74) is -0.179. The van der Waals surface area contributed by atoms with Gasteiger partial charge in [-0.2, -0.15) is 4.31 Å². The number of piperidine rings is 1. The van der Waals surface area contributed by atoms with Crippen LogP contribution in [0.25, 0.3) is 0 Å². The van der Waals surface area contributed by atoms with Gasteiger partial charge in [0.05, 0.1) is 10.9 Å². The first-order chi connectivity index (χ1) is 11.9. The number of halogens is 2. The maximum absolute atomic E-state index is 13.0. The Balaban J connectivity index is 1.92. The van der Waals surface area contributed by atoms with Gasteiger partial charge in [0.15, 0.2) is 0 Å². The molecule has 1 aromatic carbocycles. The molecule has 0 radical (unpaired) electrons. The number of aromatic nitrogens is 1. The van der Waals surface area contributed by atoms with Crippen LogP contribution < -0.4 is 0 Å². The highest BCUT2D eigenvalue weighted by atomic mass is 32.2. The van der Waals surface area contributed by atoms with Crippen LogP contribution in [0.4, 0.5) is 8.78 Å². The molecule has 0 spiro atoms. The van der Waals surface area contributed by atoms with Crippen molar-refractivity contribution in [2.24, 2.45) is 0 Å². The number of sulfonamides is 1. The minimum absolute atomic E-state index is 0.0519. The van der Waals surface area contributed by atoms with Gasteiger partial charge in [-0.3, -0.25) is 0 Å². The first kappa shape index (κ1) is 18.4. The number of nitrogens with zero attached hydrogens (tertiary/aromatic N) is 2. The Kier molecular flexibility index (Phi) is 5.50. The van der Waals surface area contributed by atoms with Gasteiger partial charge in [0.2, 0.25) is 10.0 Å². The highest BCUT2D eigenvalue weighted by molar-refractivity contribution is 7.89. The molecule has 1 aliphatic heterocycles. The van der Waals surface area contributed by atoms with E-state index in [1.807, 2.05) is 6.92 Å². The maximum atomic E-state index is 13.0. The molecular formula is C17H20F2N2O2S2. The number of thiazole rings is 1. The lowest BCUT2D eigenvalue weighted by molar-refractivity contribution is 0.151. The average Bonchev–Trinajstić information content (AvgIpc) is 3.11. The Morgan fingerprint density at radius 3 is 2.60 bits per heavy atom. The molecule has 0 saturated carbocycles. The van der Waals surface area contributed by atoms with Crippen LogP contribution in [-0.4, -0.2) is 24.3 Å². The number of aryl methyl sites for hydroxylation is 1. The van der Waals surface area contributed by atoms with Gasteiger partial charge < -0.3 is 0 Å². The Labute approximate surface area is 150 Å². The molecule has 1 unspecified atom stereocenters. The van der Waals surface area contributed by atoms with Crippen molar-refractivity contribution in [2.45, 2.75) is 50.0 Å². The average molecular weight is 386 g/mol. The first-order valence-corrected chi connectivity index (χ1v) is 10.5. The van der Waals surface area contributed by atoms with E-state index in [1.54, 1.807) is 17.5 Å². The summed E-state index contributed by atoms with van der Waals surface area (Å²) in [6, 6.07) is 4.60. The third-order valence-electron chi connectivity index (χ3n) is 4.40. The summed E-state index contributed by atoms with van der Waals surface area (Å²) in [7, 11) is -3.74. The maximum Gasteiger partial charge on any atom is 0.263 e. The van der Waals surface area contributed by atoms with Crippen LogP contribution in [0.1, 0.15) is 54.1 Å². The van der Waals surface area contributed by atoms with Gasteiger partial charge >= 0.3 is 0 Å². The first-order valence-electron chi connectivity index (χ1n) is 8.28. The van der Waals surface area contributed by atoms with Crippen molar-refractivity contribution >= 4 is 21.4 Å². The molecule has 1 aromatic heterocycles. The predicted molar refractivity (Wildman–Crippen MR) is 93.4 cm³/mol. The van der Waals surface area contributed by atoms with E-state index in [0.717, 1.165) is 35.6 Å². The molecule has 1 saturated heterocycles. The van der Waals surface area contributed by atoms with Crippen molar-refractivity contribution in [3.63, 3.8) is 0 Å². The molecule has 2 heterocycles. The number of benzene rings is 1. The smallest absolute Gasteiger partial charge is 0.248 e. The molecule has 2 aromatic rings. The minimum Gasteiger partial charge on any atom is -0.248 e. The largest absolute Gasteiger partial charge is 0.263 e. The third kappa shape index (κ3) is 3.75. The van der Waals surface area contributed by atoms with E-state index in [2.05, 4.69) is 4.98 Å². The van der Waals surface area contributed by atoms with Crippen molar-refractivity contribution in [3.05, 3.63) is 45.9 Å². The summed E-state index contributed by atoms with van der Waals surface area (Å²) in [5.74, 6) is 0. The second-order valence-electron chi connectivity index (χ2n) is 6.02. The van der Waals surface area contributed by atoms with Crippen LogP contribution in [0.2, 0.25) is 0 Å². The van der Waals surface area contributed by atoms with Gasteiger partial charge in [-0.1, -0.05) is 25.5 Å². The molecule has 0 N–H and O–H groups in total. The molecule has 136 valence electrons. The Morgan fingerprint density at radius 2 is 2.00 bits per heavy atom. The van der Waals surface area contributed by atoms with Crippen LogP contribution in [0, 0.1) is 0 Å². The monoisotopic (exact) mass is 386 g/mol. The second-order valence-corrected chi connectivity index (χ2v) is 9.05. The number of rotatable bonds is 5. The molecule has 1 fully saturated rings. The SMILES string of the molecule is CCc1cnc(C2CCCCN2S(=O)(=O)c2ccc(C(F)F)cc2)s1. The second kappa shape index (κ2) is 7.47. The Bertz CT molecular complexity index is 819. The molecule has 0 amide bonds. The van der Waals surface area contributed by atoms with E-state index >= 15 is 0 Å². The summed E-state index contributed by atoms with van der Waals surface area (Å²) in [6.45, 7) is 2.46. The van der Waals surface area contributed by atoms with Crippen molar-refractivity contribution in [1.29, 1.82) is 0 Å². The van der Waals surface area contributed by atoms with E-state index < -0.39 is 16.4 Å². The summed E-state index contributed by atoms with van der Waals surface area (Å²) in [6.07, 6.45) is 2.52. The highest BCUT2D eigenvalue weighted by Crippen LogP contribution is 2.37. The van der Waals surface area contributed by atoms with Crippen LogP contribution in [0.15, 0.2) is 35.4 Å². The molecular weight excluding hydrogens is 366 g/mol. The Hall–Kier alpha value is -1.38. The lowest BCUT2D eigenvalue weighted by atomic mass is 10.1. The molecule has 0 aliphatic carbocycles. The number of hydrogen-bond acceptors (Lipinski definition) is 4. The molecule has 8 heteroatoms. The lowest BCUT2D eigenvalue weighted by Crippen LogP contribution is -2.38. The minimum atomic E-state index is -3.74. The Morgan fingerprint density at radius 1 is 1.28 bits per heavy atom. The predicted octanol–water partition coefficient (Wildman–Crippen LogP) is 4.56. The van der Waals surface area contributed by atoms with Crippen molar-refractivity contribution < 1.29 is 17.2 Å². The fraction of sp³-hybridized carbons (Fsp3) is 0.471. The molecule has 1 aliphatic rings. The number of hydrogen-bond donors (Lipinski definition) is 0. The van der Waals surface area contributed by atoms with Crippen LogP contribution >= 0.6 is 11.3 Å². The van der Waals surface area contributed by atoms with Crippen LogP contribution in [0.5, 0.6) is 0 Å². The molecule has 0 bridgehead atoms. The summed E-state index contributed by atoms with van der Waals surface area (Å²) >= 11 is 1.54. The van der Waals surface area contributed by atoms with Gasteiger partial charge in [0, 0.05) is 23.2 Å². The third-order valence-corrected chi connectivity index (χ3v) is 7.56. The van der Waals surface area contributed by atoms with Crippen molar-refractivity contribution in [3.8, 4) is 0 Å². The molecule has 3 rings (SSSR count). The van der Waals surface area contributed by atoms with E-state index in [1.165, 1.54) is 28.6 Å². The number of alkyl halides is 2. The summed E-state index contributed by atoms with van der Waals surface area (Å²) in [5, 5.41) is 0.810. The lowest BCUT2D eigenvalue weighted by Gasteiger charge is -2.33. The zero-order chi connectivity index (χ0) is 18.0. The standard InChI is InChI=1S/C17H20F2N2O2S2/c1-2-13-11-20-17(24-13)15-5-3-4-10-21(15)25(22,23)14-8-6-12(7-9-14)16(18)19/h6-9,11,15-16H,2-5,10H2,1H3. The molecule has 4 nitrogen and oxygen atoms in total. The van der Waals surface area contributed by atoms with Crippen LogP contribution in [0.3, 0.4) is 0 Å². The van der Waals surface area contributed by atoms with Gasteiger partial charge in [0.1, 0.15) is 5.01 Å². The normalized spacial score (nSPS) is 19.4. The van der Waals surface area contributed by atoms with E-state index in [9.17, 15) is 17.2 Å². The van der Waals surface area contributed by atoms with Crippen LogP contribution in [-0.2, 0) is 16.4 Å². The quantitative estimate of drug-likeness (QED) is 0.757. The van der Waals surface area contributed by atoms with Gasteiger partial charge in [-0.25, -0.2) is 22.2 Å². The fourth-order valence-corrected chi connectivity index (χ4v) is 5.73. The van der Waals surface area contributed by atoms with E-state index in [0.29, 0.717) is 6.54 Å². The fourth-order valence-electron chi connectivity index (χ4n) is 3.00. The van der Waals surface area contributed by atoms with Gasteiger partial charge in [0.25, 0.3) is 6.43 Å². The molecule has 1 atom stereocenters. The van der Waals surface area contributed by atoms with Gasteiger partial charge in [-0.15, -0.1) is 11.3 Å². The van der Waals surface area contributed by atoms with E-state index in [-0.39, 0.29) is 16.5 Å². The summed E-state index contributed by atoms with van der Waals surface area (Å²) < 4.78 is 53.0.